The number of fused-ring (bicyclic) bond motifs is 1. The van der Waals surface area contributed by atoms with Crippen LogP contribution in [-0.2, 0) is 6.42 Å². The Morgan fingerprint density at radius 2 is 2.09 bits per heavy atom. The molecular formula is C18H28ClN3O. The minimum atomic E-state index is 0. The van der Waals surface area contributed by atoms with Gasteiger partial charge in [0.2, 0.25) is 0 Å². The third-order valence-electron chi connectivity index (χ3n) is 5.09. The highest BCUT2D eigenvalue weighted by molar-refractivity contribution is 5.96. The zero-order valence-corrected chi connectivity index (χ0v) is 14.9. The molecule has 2 fully saturated rings. The van der Waals surface area contributed by atoms with E-state index in [0.29, 0.717) is 12.1 Å². The maximum atomic E-state index is 13.1. The van der Waals surface area contributed by atoms with E-state index in [1.54, 1.807) is 0 Å². The summed E-state index contributed by atoms with van der Waals surface area (Å²) >= 11 is 0. The van der Waals surface area contributed by atoms with Gasteiger partial charge in [-0.1, -0.05) is 18.2 Å². The summed E-state index contributed by atoms with van der Waals surface area (Å²) < 4.78 is 0. The van der Waals surface area contributed by atoms with Crippen molar-refractivity contribution in [1.82, 2.24) is 15.1 Å². The molecule has 1 N–H and O–H groups in total. The van der Waals surface area contributed by atoms with Crippen molar-refractivity contribution < 1.29 is 4.79 Å². The van der Waals surface area contributed by atoms with Crippen LogP contribution < -0.4 is 5.32 Å². The summed E-state index contributed by atoms with van der Waals surface area (Å²) in [5.74, 6) is 0.214. The molecule has 5 heteroatoms. The molecule has 1 amide bonds. The number of piperazine rings is 1. The van der Waals surface area contributed by atoms with Gasteiger partial charge in [-0.15, -0.1) is 12.4 Å². The van der Waals surface area contributed by atoms with E-state index >= 15 is 0 Å². The molecule has 1 aromatic carbocycles. The zero-order chi connectivity index (χ0) is 15.5. The van der Waals surface area contributed by atoms with Gasteiger partial charge in [-0.3, -0.25) is 9.69 Å². The minimum Gasteiger partial charge on any atom is -0.333 e. The van der Waals surface area contributed by atoms with Crippen molar-refractivity contribution in [3.05, 3.63) is 35.4 Å². The molecule has 128 valence electrons. The third kappa shape index (κ3) is 3.87. The number of carbonyl (C=O) groups is 1. The average molecular weight is 338 g/mol. The van der Waals surface area contributed by atoms with Crippen LogP contribution in [-0.4, -0.2) is 61.0 Å². The summed E-state index contributed by atoms with van der Waals surface area (Å²) in [6.45, 7) is 6.20. The molecule has 2 unspecified atom stereocenters. The molecule has 0 bridgehead atoms. The monoisotopic (exact) mass is 337 g/mol. The second-order valence-corrected chi connectivity index (χ2v) is 6.61. The number of hydrogen-bond donors (Lipinski definition) is 1. The summed E-state index contributed by atoms with van der Waals surface area (Å²) in [5.41, 5.74) is 2.04. The lowest BCUT2D eigenvalue weighted by Crippen LogP contribution is -2.56. The van der Waals surface area contributed by atoms with Gasteiger partial charge in [0.05, 0.1) is 0 Å². The van der Waals surface area contributed by atoms with E-state index in [-0.39, 0.29) is 18.3 Å². The Labute approximate surface area is 145 Å². The third-order valence-corrected chi connectivity index (χ3v) is 5.09. The first-order valence-corrected chi connectivity index (χ1v) is 8.48. The number of carbonyl (C=O) groups excluding carboxylic acids is 1. The predicted molar refractivity (Wildman–Crippen MR) is 96.4 cm³/mol. The summed E-state index contributed by atoms with van der Waals surface area (Å²) in [6, 6.07) is 8.96. The van der Waals surface area contributed by atoms with E-state index in [4.69, 9.17) is 0 Å². The first-order valence-electron chi connectivity index (χ1n) is 8.48. The fraction of sp³-hybridized carbons (Fsp3) is 0.611. The van der Waals surface area contributed by atoms with Crippen molar-refractivity contribution in [1.29, 1.82) is 0 Å². The Morgan fingerprint density at radius 3 is 2.87 bits per heavy atom. The molecule has 0 radical (unpaired) electrons. The quantitative estimate of drug-likeness (QED) is 0.914. The molecular weight excluding hydrogens is 310 g/mol. The van der Waals surface area contributed by atoms with Crippen molar-refractivity contribution in [2.45, 2.75) is 38.3 Å². The number of halogens is 1. The summed E-state index contributed by atoms with van der Waals surface area (Å²) in [6.07, 6.45) is 3.41. The topological polar surface area (TPSA) is 35.6 Å². The van der Waals surface area contributed by atoms with Crippen LogP contribution in [0.3, 0.4) is 0 Å². The molecule has 0 spiro atoms. The smallest absolute Gasteiger partial charge is 0.254 e. The van der Waals surface area contributed by atoms with Gasteiger partial charge in [-0.05, 0) is 58.0 Å². The maximum absolute atomic E-state index is 13.1. The normalized spacial score (nSPS) is 24.2. The molecule has 2 aliphatic rings. The van der Waals surface area contributed by atoms with Crippen LogP contribution in [0.5, 0.6) is 0 Å². The highest BCUT2D eigenvalue weighted by atomic mass is 35.5. The van der Waals surface area contributed by atoms with Crippen LogP contribution in [0.1, 0.15) is 35.7 Å². The number of rotatable bonds is 4. The fourth-order valence-electron chi connectivity index (χ4n) is 3.83. The van der Waals surface area contributed by atoms with Crippen molar-refractivity contribution in [2.75, 3.05) is 33.2 Å². The predicted octanol–water partition coefficient (Wildman–Crippen LogP) is 2.18. The molecule has 0 saturated carbocycles. The number of hydrogen-bond acceptors (Lipinski definition) is 3. The number of likely N-dealkylation sites (N-methyl/N-ethyl adjacent to an activating group) is 1. The highest BCUT2D eigenvalue weighted by Gasteiger charge is 2.36. The van der Waals surface area contributed by atoms with Crippen LogP contribution in [0.25, 0.3) is 0 Å². The molecule has 2 heterocycles. The van der Waals surface area contributed by atoms with E-state index in [1.165, 1.54) is 19.4 Å². The van der Waals surface area contributed by atoms with Gasteiger partial charge in [-0.2, -0.15) is 0 Å². The van der Waals surface area contributed by atoms with E-state index in [1.807, 2.05) is 25.2 Å². The van der Waals surface area contributed by atoms with E-state index < -0.39 is 0 Å². The Hall–Kier alpha value is -1.10. The molecule has 0 aliphatic carbocycles. The second-order valence-electron chi connectivity index (χ2n) is 6.61. The number of benzene rings is 1. The summed E-state index contributed by atoms with van der Waals surface area (Å²) in [4.78, 5) is 17.7. The maximum Gasteiger partial charge on any atom is 0.254 e. The van der Waals surface area contributed by atoms with Gasteiger partial charge in [0.15, 0.2) is 0 Å². The molecule has 2 saturated heterocycles. The largest absolute Gasteiger partial charge is 0.333 e. The van der Waals surface area contributed by atoms with Gasteiger partial charge in [-0.25, -0.2) is 0 Å². The number of nitrogens with one attached hydrogen (secondary N) is 1. The van der Waals surface area contributed by atoms with E-state index in [9.17, 15) is 4.79 Å². The van der Waals surface area contributed by atoms with Crippen molar-refractivity contribution in [3.8, 4) is 0 Å². The lowest BCUT2D eigenvalue weighted by Gasteiger charge is -2.42. The van der Waals surface area contributed by atoms with Crippen LogP contribution in [0.15, 0.2) is 24.3 Å². The number of amides is 1. The highest BCUT2D eigenvalue weighted by Crippen LogP contribution is 2.26. The van der Waals surface area contributed by atoms with E-state index in [0.717, 1.165) is 37.2 Å². The summed E-state index contributed by atoms with van der Waals surface area (Å²) in [7, 11) is 1.95. The van der Waals surface area contributed by atoms with Gasteiger partial charge in [0.1, 0.15) is 0 Å². The lowest BCUT2D eigenvalue weighted by atomic mass is 10.0. The van der Waals surface area contributed by atoms with E-state index in [2.05, 4.69) is 28.1 Å². The first kappa shape index (κ1) is 18.2. The Morgan fingerprint density at radius 1 is 1.30 bits per heavy atom. The van der Waals surface area contributed by atoms with Crippen LogP contribution in [0.2, 0.25) is 0 Å². The molecule has 2 atom stereocenters. The molecule has 23 heavy (non-hydrogen) atoms. The van der Waals surface area contributed by atoms with Crippen LogP contribution >= 0.6 is 12.4 Å². The van der Waals surface area contributed by atoms with Crippen molar-refractivity contribution in [3.63, 3.8) is 0 Å². The minimum absolute atomic E-state index is 0. The molecule has 0 aromatic heterocycles. The molecule has 1 aromatic rings. The zero-order valence-electron chi connectivity index (χ0n) is 14.1. The van der Waals surface area contributed by atoms with Gasteiger partial charge in [0.25, 0.3) is 5.91 Å². The van der Waals surface area contributed by atoms with Gasteiger partial charge < -0.3 is 10.2 Å². The second kappa shape index (κ2) is 8.13. The van der Waals surface area contributed by atoms with Gasteiger partial charge >= 0.3 is 0 Å². The summed E-state index contributed by atoms with van der Waals surface area (Å²) in [5, 5.41) is 3.17. The Kier molecular flexibility index (Phi) is 6.45. The SMILES string of the molecule is CNCCc1ccccc1C(=O)N1CC2CCCN2CC1C.Cl. The van der Waals surface area contributed by atoms with Gasteiger partial charge in [0, 0.05) is 30.7 Å². The number of nitrogens with zero attached hydrogens (tertiary/aromatic N) is 2. The molecule has 2 aliphatic heterocycles. The first-order chi connectivity index (χ1) is 10.7. The standard InChI is InChI=1S/C18H27N3O.ClH/c1-14-12-20-11-5-7-16(20)13-21(14)18(22)17-8-4-3-6-15(17)9-10-19-2;/h3-4,6,8,14,16,19H,5,7,9-13H2,1-2H3;1H. The Bertz CT molecular complexity index is 537. The molecule has 3 rings (SSSR count). The van der Waals surface area contributed by atoms with Crippen molar-refractivity contribution >= 4 is 18.3 Å². The van der Waals surface area contributed by atoms with Crippen LogP contribution in [0.4, 0.5) is 0 Å². The van der Waals surface area contributed by atoms with Crippen LogP contribution in [0, 0.1) is 0 Å². The fourth-order valence-corrected chi connectivity index (χ4v) is 3.83. The molecule has 4 nitrogen and oxygen atoms in total. The lowest BCUT2D eigenvalue weighted by molar-refractivity contribution is 0.0394. The Balaban J connectivity index is 0.00000192. The van der Waals surface area contributed by atoms with Crippen molar-refractivity contribution in [2.24, 2.45) is 0 Å². The average Bonchev–Trinajstić information content (AvgIpc) is 2.99.